The highest BCUT2D eigenvalue weighted by atomic mass is 16.6. The zero-order valence-electron chi connectivity index (χ0n) is 39.5. The first-order valence-corrected chi connectivity index (χ1v) is 25.3. The maximum absolute atomic E-state index is 12.8. The molecule has 0 aliphatic rings. The van der Waals surface area contributed by atoms with Crippen molar-refractivity contribution in [3.8, 4) is 0 Å². The van der Waals surface area contributed by atoms with E-state index in [1.54, 1.807) is 0 Å². The van der Waals surface area contributed by atoms with Crippen molar-refractivity contribution in [2.24, 2.45) is 0 Å². The summed E-state index contributed by atoms with van der Waals surface area (Å²) in [5, 5.41) is 0. The molecule has 0 radical (unpaired) electrons. The Bertz CT molecular complexity index is 1100. The molecule has 0 aromatic rings. The molecule has 0 saturated carbocycles. The summed E-state index contributed by atoms with van der Waals surface area (Å²) in [6, 6.07) is 0. The predicted molar refractivity (Wildman–Crippen MR) is 256 cm³/mol. The quantitative estimate of drug-likeness (QED) is 0.0263. The second-order valence-electron chi connectivity index (χ2n) is 16.7. The Morgan fingerprint density at radius 2 is 0.667 bits per heavy atom. The third kappa shape index (κ3) is 46.2. The molecule has 0 amide bonds. The van der Waals surface area contributed by atoms with E-state index in [9.17, 15) is 14.4 Å². The molecular formula is C54H94O6. The van der Waals surface area contributed by atoms with Gasteiger partial charge in [-0.3, -0.25) is 14.4 Å². The predicted octanol–water partition coefficient (Wildman–Crippen LogP) is 16.5. The molecule has 0 N–H and O–H groups in total. The van der Waals surface area contributed by atoms with Crippen LogP contribution < -0.4 is 0 Å². The molecule has 1 atom stereocenters. The average Bonchev–Trinajstić information content (AvgIpc) is 3.24. The van der Waals surface area contributed by atoms with Crippen molar-refractivity contribution in [2.45, 2.75) is 252 Å². The lowest BCUT2D eigenvalue weighted by Gasteiger charge is -2.18. The molecule has 0 heterocycles. The van der Waals surface area contributed by atoms with Gasteiger partial charge in [-0.15, -0.1) is 0 Å². The highest BCUT2D eigenvalue weighted by Gasteiger charge is 2.19. The van der Waals surface area contributed by atoms with Gasteiger partial charge in [-0.05, 0) is 77.0 Å². The third-order valence-corrected chi connectivity index (χ3v) is 10.8. The first kappa shape index (κ1) is 57.1. The molecule has 0 aliphatic carbocycles. The molecule has 60 heavy (non-hydrogen) atoms. The molecule has 0 aromatic heterocycles. The van der Waals surface area contributed by atoms with Gasteiger partial charge in [0.1, 0.15) is 13.2 Å². The van der Waals surface area contributed by atoms with E-state index in [4.69, 9.17) is 14.2 Å². The van der Waals surface area contributed by atoms with Crippen LogP contribution >= 0.6 is 0 Å². The molecule has 0 spiro atoms. The van der Waals surface area contributed by atoms with E-state index in [2.05, 4.69) is 81.5 Å². The molecular weight excluding hydrogens is 745 g/mol. The monoisotopic (exact) mass is 839 g/mol. The summed E-state index contributed by atoms with van der Waals surface area (Å²) in [6.45, 7) is 6.46. The Morgan fingerprint density at radius 3 is 1.07 bits per heavy atom. The van der Waals surface area contributed by atoms with Crippen LogP contribution in [0.2, 0.25) is 0 Å². The van der Waals surface area contributed by atoms with Crippen molar-refractivity contribution in [3.63, 3.8) is 0 Å². The normalized spacial score (nSPS) is 12.5. The summed E-state index contributed by atoms with van der Waals surface area (Å²) >= 11 is 0. The number of carbonyl (C=O) groups excluding carboxylic acids is 3. The van der Waals surface area contributed by atoms with Gasteiger partial charge >= 0.3 is 17.9 Å². The number of allylic oxidation sites excluding steroid dienone is 10. The summed E-state index contributed by atoms with van der Waals surface area (Å²) in [7, 11) is 0. The van der Waals surface area contributed by atoms with Crippen LogP contribution in [0.25, 0.3) is 0 Å². The van der Waals surface area contributed by atoms with E-state index in [1.165, 1.54) is 83.5 Å². The zero-order valence-corrected chi connectivity index (χ0v) is 39.5. The van der Waals surface area contributed by atoms with Crippen LogP contribution in [0.3, 0.4) is 0 Å². The van der Waals surface area contributed by atoms with E-state index in [1.807, 2.05) is 0 Å². The molecule has 0 fully saturated rings. The number of carbonyl (C=O) groups is 3. The Balaban J connectivity index is 4.42. The van der Waals surface area contributed by atoms with Gasteiger partial charge < -0.3 is 14.2 Å². The Kier molecular flexibility index (Phi) is 46.4. The van der Waals surface area contributed by atoms with E-state index in [-0.39, 0.29) is 31.1 Å². The fraction of sp³-hybridized carbons (Fsp3) is 0.759. The molecule has 0 aliphatic heterocycles. The fourth-order valence-electron chi connectivity index (χ4n) is 6.94. The molecule has 6 nitrogen and oxygen atoms in total. The number of unbranched alkanes of at least 4 members (excludes halogenated alkanes) is 24. The van der Waals surface area contributed by atoms with E-state index in [0.717, 1.165) is 122 Å². The SMILES string of the molecule is CC/C=C\C/C=C\C/C=C\CCCCCCCC(=O)OC[C@@H](COC(=O)CCCCCCCCCCCCCCC)OC(=O)CCCCCCC/C=C\C/C=C\CCCC. The lowest BCUT2D eigenvalue weighted by atomic mass is 10.0. The van der Waals surface area contributed by atoms with Gasteiger partial charge in [-0.25, -0.2) is 0 Å². The van der Waals surface area contributed by atoms with Crippen LogP contribution in [-0.4, -0.2) is 37.2 Å². The van der Waals surface area contributed by atoms with Crippen molar-refractivity contribution in [1.82, 2.24) is 0 Å². The summed E-state index contributed by atoms with van der Waals surface area (Å²) in [4.78, 5) is 37.9. The summed E-state index contributed by atoms with van der Waals surface area (Å²) in [5.74, 6) is -0.912. The highest BCUT2D eigenvalue weighted by molar-refractivity contribution is 5.71. The first-order chi connectivity index (χ1) is 29.5. The lowest BCUT2D eigenvalue weighted by molar-refractivity contribution is -0.167. The van der Waals surface area contributed by atoms with Gasteiger partial charge in [-0.2, -0.15) is 0 Å². The summed E-state index contributed by atoms with van der Waals surface area (Å²) < 4.78 is 16.8. The second kappa shape index (κ2) is 48.8. The van der Waals surface area contributed by atoms with Crippen molar-refractivity contribution in [2.75, 3.05) is 13.2 Å². The maximum Gasteiger partial charge on any atom is 0.306 e. The molecule has 0 saturated heterocycles. The molecule has 6 heteroatoms. The van der Waals surface area contributed by atoms with Crippen molar-refractivity contribution in [1.29, 1.82) is 0 Å². The minimum atomic E-state index is -0.785. The summed E-state index contributed by atoms with van der Waals surface area (Å²) in [6.07, 6.45) is 59.1. The minimum absolute atomic E-state index is 0.0839. The number of hydrogen-bond acceptors (Lipinski definition) is 6. The Morgan fingerprint density at radius 1 is 0.350 bits per heavy atom. The van der Waals surface area contributed by atoms with Crippen LogP contribution in [0, 0.1) is 0 Å². The van der Waals surface area contributed by atoms with Crippen molar-refractivity contribution in [3.05, 3.63) is 60.8 Å². The standard InChI is InChI=1S/C54H94O6/c1-4-7-10-13-16-19-22-25-27-30-32-35-38-41-44-47-53(56)59-50-51(49-58-52(55)46-43-40-37-34-31-28-24-21-18-15-12-9-6-3)60-54(57)48-45-42-39-36-33-29-26-23-20-17-14-11-8-5-2/h7,10,14,16-17,19,23,25-27,51H,4-6,8-9,11-13,15,18,20-22,24,28-50H2,1-3H3/b10-7-,17-14-,19-16-,26-23-,27-25-/t51-/m1/s1. The smallest absolute Gasteiger partial charge is 0.306 e. The molecule has 0 bridgehead atoms. The lowest BCUT2D eigenvalue weighted by Crippen LogP contribution is -2.30. The highest BCUT2D eigenvalue weighted by Crippen LogP contribution is 2.15. The molecule has 346 valence electrons. The van der Waals surface area contributed by atoms with E-state index >= 15 is 0 Å². The van der Waals surface area contributed by atoms with Crippen LogP contribution in [0.1, 0.15) is 245 Å². The number of hydrogen-bond donors (Lipinski definition) is 0. The van der Waals surface area contributed by atoms with Gasteiger partial charge in [0.15, 0.2) is 6.10 Å². The number of ether oxygens (including phenoxy) is 3. The van der Waals surface area contributed by atoms with Crippen LogP contribution in [0.5, 0.6) is 0 Å². The summed E-state index contributed by atoms with van der Waals surface area (Å²) in [5.41, 5.74) is 0. The topological polar surface area (TPSA) is 78.9 Å². The molecule has 0 aromatic carbocycles. The zero-order chi connectivity index (χ0) is 43.7. The van der Waals surface area contributed by atoms with Crippen molar-refractivity contribution < 1.29 is 28.6 Å². The van der Waals surface area contributed by atoms with Crippen LogP contribution in [0.4, 0.5) is 0 Å². The van der Waals surface area contributed by atoms with Gasteiger partial charge in [0.05, 0.1) is 0 Å². The van der Waals surface area contributed by atoms with Gasteiger partial charge in [0, 0.05) is 19.3 Å². The number of rotatable bonds is 45. The Hall–Kier alpha value is -2.89. The minimum Gasteiger partial charge on any atom is -0.462 e. The van der Waals surface area contributed by atoms with Gasteiger partial charge in [0.2, 0.25) is 0 Å². The van der Waals surface area contributed by atoms with Crippen LogP contribution in [-0.2, 0) is 28.6 Å². The van der Waals surface area contributed by atoms with Gasteiger partial charge in [0.25, 0.3) is 0 Å². The average molecular weight is 839 g/mol. The maximum atomic E-state index is 12.8. The Labute approximate surface area is 370 Å². The fourth-order valence-corrected chi connectivity index (χ4v) is 6.94. The largest absolute Gasteiger partial charge is 0.462 e. The third-order valence-electron chi connectivity index (χ3n) is 10.8. The van der Waals surface area contributed by atoms with E-state index < -0.39 is 6.10 Å². The van der Waals surface area contributed by atoms with Gasteiger partial charge in [-0.1, -0.05) is 210 Å². The number of esters is 3. The first-order valence-electron chi connectivity index (χ1n) is 25.3. The van der Waals surface area contributed by atoms with E-state index in [0.29, 0.717) is 19.3 Å². The van der Waals surface area contributed by atoms with Crippen molar-refractivity contribution >= 4 is 17.9 Å². The second-order valence-corrected chi connectivity index (χ2v) is 16.7. The molecule has 0 unspecified atom stereocenters. The molecule has 0 rings (SSSR count). The van der Waals surface area contributed by atoms with Crippen LogP contribution in [0.15, 0.2) is 60.8 Å².